The lowest BCUT2D eigenvalue weighted by Crippen LogP contribution is -2.21. The molecule has 0 aliphatic rings. The summed E-state index contributed by atoms with van der Waals surface area (Å²) >= 11 is 0. The first kappa shape index (κ1) is 14.1. The van der Waals surface area contributed by atoms with Crippen LogP contribution in [0.25, 0.3) is 0 Å². The summed E-state index contributed by atoms with van der Waals surface area (Å²) in [6.07, 6.45) is 2.72. The van der Waals surface area contributed by atoms with Crippen molar-refractivity contribution in [2.24, 2.45) is 0 Å². The molecule has 0 radical (unpaired) electrons. The van der Waals surface area contributed by atoms with Crippen LogP contribution in [0.15, 0.2) is 36.4 Å². The fraction of sp³-hybridized carbons (Fsp3) is 0.357. The van der Waals surface area contributed by atoms with E-state index in [4.69, 9.17) is 5.11 Å². The highest BCUT2D eigenvalue weighted by Gasteiger charge is 2.00. The van der Waals surface area contributed by atoms with E-state index in [9.17, 15) is 4.79 Å². The molecule has 0 fully saturated rings. The van der Waals surface area contributed by atoms with E-state index >= 15 is 0 Å². The molecule has 1 rings (SSSR count). The number of anilines is 2. The average molecular weight is 248 g/mol. The molecule has 0 saturated carbocycles. The summed E-state index contributed by atoms with van der Waals surface area (Å²) in [5.41, 5.74) is 2.19. The highest BCUT2D eigenvalue weighted by atomic mass is 16.4. The molecule has 18 heavy (non-hydrogen) atoms. The van der Waals surface area contributed by atoms with Crippen molar-refractivity contribution in [2.75, 3.05) is 29.9 Å². The Bertz CT molecular complexity index is 395. The standard InChI is InChI=1S/C14H20N2O2/c1-3-16(4-2)13-9-7-12(8-10-13)15-11-5-6-14(17)18/h5-10,15H,3-4,11H2,1-2H3,(H,17,18)/b6-5+. The van der Waals surface area contributed by atoms with Crippen LogP contribution in [0.2, 0.25) is 0 Å². The van der Waals surface area contributed by atoms with Gasteiger partial charge < -0.3 is 15.3 Å². The van der Waals surface area contributed by atoms with E-state index in [0.29, 0.717) is 6.54 Å². The molecular weight excluding hydrogens is 228 g/mol. The van der Waals surface area contributed by atoms with Gasteiger partial charge in [0.05, 0.1) is 0 Å². The molecule has 0 amide bonds. The molecular formula is C14H20N2O2. The number of aliphatic carboxylic acids is 1. The maximum absolute atomic E-state index is 10.3. The van der Waals surface area contributed by atoms with Gasteiger partial charge in [-0.2, -0.15) is 0 Å². The summed E-state index contributed by atoms with van der Waals surface area (Å²) in [6, 6.07) is 8.14. The van der Waals surface area contributed by atoms with E-state index in [0.717, 1.165) is 24.9 Å². The van der Waals surface area contributed by atoms with Crippen LogP contribution in [0.3, 0.4) is 0 Å². The molecule has 1 aromatic carbocycles. The third kappa shape index (κ3) is 4.49. The Morgan fingerprint density at radius 2 is 1.89 bits per heavy atom. The molecule has 0 aromatic heterocycles. The lowest BCUT2D eigenvalue weighted by atomic mass is 10.2. The zero-order valence-corrected chi connectivity index (χ0v) is 10.9. The van der Waals surface area contributed by atoms with Crippen LogP contribution in [-0.4, -0.2) is 30.7 Å². The van der Waals surface area contributed by atoms with Crippen molar-refractivity contribution in [3.05, 3.63) is 36.4 Å². The molecule has 0 saturated heterocycles. The minimum atomic E-state index is -0.923. The van der Waals surface area contributed by atoms with Crippen molar-refractivity contribution in [2.45, 2.75) is 13.8 Å². The molecule has 0 heterocycles. The van der Waals surface area contributed by atoms with Gasteiger partial charge in [-0.25, -0.2) is 4.79 Å². The van der Waals surface area contributed by atoms with Gasteiger partial charge in [-0.15, -0.1) is 0 Å². The molecule has 0 unspecified atom stereocenters. The normalized spacial score (nSPS) is 10.6. The molecule has 0 aliphatic carbocycles. The van der Waals surface area contributed by atoms with Gasteiger partial charge in [-0.1, -0.05) is 6.08 Å². The Labute approximate surface area is 108 Å². The predicted octanol–water partition coefficient (Wildman–Crippen LogP) is 2.59. The van der Waals surface area contributed by atoms with Gasteiger partial charge >= 0.3 is 5.97 Å². The highest BCUT2D eigenvalue weighted by molar-refractivity contribution is 5.79. The van der Waals surface area contributed by atoms with Gasteiger partial charge in [-0.3, -0.25) is 0 Å². The average Bonchev–Trinajstić information content (AvgIpc) is 2.37. The Morgan fingerprint density at radius 3 is 2.39 bits per heavy atom. The van der Waals surface area contributed by atoms with Crippen LogP contribution in [0.1, 0.15) is 13.8 Å². The van der Waals surface area contributed by atoms with Gasteiger partial charge in [0, 0.05) is 37.1 Å². The molecule has 1 aromatic rings. The Hall–Kier alpha value is -1.97. The first-order chi connectivity index (χ1) is 8.67. The highest BCUT2D eigenvalue weighted by Crippen LogP contribution is 2.17. The van der Waals surface area contributed by atoms with Crippen molar-refractivity contribution in [3.8, 4) is 0 Å². The number of benzene rings is 1. The zero-order valence-electron chi connectivity index (χ0n) is 10.9. The van der Waals surface area contributed by atoms with Gasteiger partial charge in [0.25, 0.3) is 0 Å². The molecule has 0 bridgehead atoms. The number of nitrogens with zero attached hydrogens (tertiary/aromatic N) is 1. The predicted molar refractivity (Wildman–Crippen MR) is 75.3 cm³/mol. The summed E-state index contributed by atoms with van der Waals surface area (Å²) in [6.45, 7) is 6.75. The Morgan fingerprint density at radius 1 is 1.28 bits per heavy atom. The van der Waals surface area contributed by atoms with E-state index in [1.807, 2.05) is 12.1 Å². The van der Waals surface area contributed by atoms with Crippen LogP contribution in [0.4, 0.5) is 11.4 Å². The quantitative estimate of drug-likeness (QED) is 0.728. The maximum atomic E-state index is 10.3. The minimum absolute atomic E-state index is 0.511. The zero-order chi connectivity index (χ0) is 13.4. The Balaban J connectivity index is 2.52. The number of carbonyl (C=O) groups is 1. The molecule has 4 nitrogen and oxygen atoms in total. The summed E-state index contributed by atoms with van der Waals surface area (Å²) in [7, 11) is 0. The van der Waals surface area contributed by atoms with E-state index in [1.54, 1.807) is 6.08 Å². The molecule has 0 atom stereocenters. The van der Waals surface area contributed by atoms with E-state index in [-0.39, 0.29) is 0 Å². The summed E-state index contributed by atoms with van der Waals surface area (Å²) in [5, 5.41) is 11.6. The molecule has 4 heteroatoms. The van der Waals surface area contributed by atoms with Crippen LogP contribution in [0.5, 0.6) is 0 Å². The number of rotatable bonds is 7. The van der Waals surface area contributed by atoms with Gasteiger partial charge in [0.2, 0.25) is 0 Å². The van der Waals surface area contributed by atoms with Crippen LogP contribution < -0.4 is 10.2 Å². The topological polar surface area (TPSA) is 52.6 Å². The van der Waals surface area contributed by atoms with Crippen molar-refractivity contribution >= 4 is 17.3 Å². The Kier molecular flexibility index (Phi) is 5.77. The maximum Gasteiger partial charge on any atom is 0.328 e. The smallest absolute Gasteiger partial charge is 0.328 e. The van der Waals surface area contributed by atoms with E-state index in [2.05, 4.69) is 36.2 Å². The number of nitrogens with one attached hydrogen (secondary N) is 1. The fourth-order valence-electron chi connectivity index (χ4n) is 1.72. The second-order valence-corrected chi connectivity index (χ2v) is 3.84. The minimum Gasteiger partial charge on any atom is -0.478 e. The van der Waals surface area contributed by atoms with Crippen molar-refractivity contribution in [1.82, 2.24) is 0 Å². The second-order valence-electron chi connectivity index (χ2n) is 3.84. The van der Waals surface area contributed by atoms with Gasteiger partial charge in [0.15, 0.2) is 0 Å². The van der Waals surface area contributed by atoms with Crippen LogP contribution in [-0.2, 0) is 4.79 Å². The molecule has 0 spiro atoms. The van der Waals surface area contributed by atoms with Gasteiger partial charge in [-0.05, 0) is 38.1 Å². The molecule has 0 aliphatic heterocycles. The number of hydrogen-bond donors (Lipinski definition) is 2. The van der Waals surface area contributed by atoms with Crippen LogP contribution >= 0.6 is 0 Å². The van der Waals surface area contributed by atoms with Crippen molar-refractivity contribution in [3.63, 3.8) is 0 Å². The van der Waals surface area contributed by atoms with E-state index < -0.39 is 5.97 Å². The molecule has 2 N–H and O–H groups in total. The lowest BCUT2D eigenvalue weighted by molar-refractivity contribution is -0.131. The molecule has 98 valence electrons. The number of carboxylic acid groups (broad SMARTS) is 1. The SMILES string of the molecule is CCN(CC)c1ccc(NC/C=C/C(=O)O)cc1. The summed E-state index contributed by atoms with van der Waals surface area (Å²) in [4.78, 5) is 12.5. The summed E-state index contributed by atoms with van der Waals surface area (Å²) < 4.78 is 0. The van der Waals surface area contributed by atoms with Crippen molar-refractivity contribution in [1.29, 1.82) is 0 Å². The number of carboxylic acids is 1. The summed E-state index contributed by atoms with van der Waals surface area (Å²) in [5.74, 6) is -0.923. The van der Waals surface area contributed by atoms with E-state index in [1.165, 1.54) is 5.69 Å². The second kappa shape index (κ2) is 7.37. The lowest BCUT2D eigenvalue weighted by Gasteiger charge is -2.21. The third-order valence-electron chi connectivity index (χ3n) is 2.68. The largest absolute Gasteiger partial charge is 0.478 e. The monoisotopic (exact) mass is 248 g/mol. The van der Waals surface area contributed by atoms with Crippen molar-refractivity contribution < 1.29 is 9.90 Å². The fourth-order valence-corrected chi connectivity index (χ4v) is 1.72. The third-order valence-corrected chi connectivity index (χ3v) is 2.68. The number of hydrogen-bond acceptors (Lipinski definition) is 3. The van der Waals surface area contributed by atoms with Gasteiger partial charge in [0.1, 0.15) is 0 Å². The van der Waals surface area contributed by atoms with Crippen LogP contribution in [0, 0.1) is 0 Å². The first-order valence-electron chi connectivity index (χ1n) is 6.15. The first-order valence-corrected chi connectivity index (χ1v) is 6.15.